The van der Waals surface area contributed by atoms with Crippen molar-refractivity contribution in [3.8, 4) is 0 Å². The summed E-state index contributed by atoms with van der Waals surface area (Å²) in [6.07, 6.45) is 0. The van der Waals surface area contributed by atoms with Crippen LogP contribution in [0.15, 0.2) is 9.52 Å². The lowest BCUT2D eigenvalue weighted by Crippen LogP contribution is -2.52. The van der Waals surface area contributed by atoms with E-state index in [9.17, 15) is 0 Å². The summed E-state index contributed by atoms with van der Waals surface area (Å²) in [5.41, 5.74) is -0.125. The van der Waals surface area contributed by atoms with Gasteiger partial charge in [-0.3, -0.25) is 9.89 Å². The first-order valence-electron chi connectivity index (χ1n) is 8.80. The fraction of sp³-hybridized carbons (Fsp3) is 0.824. The van der Waals surface area contributed by atoms with Crippen LogP contribution in [0.1, 0.15) is 46.3 Å². The summed E-state index contributed by atoms with van der Waals surface area (Å²) in [5.74, 6) is 2.95. The largest absolute Gasteiger partial charge is 0.349 e. The van der Waals surface area contributed by atoms with Gasteiger partial charge in [0.1, 0.15) is 0 Å². The number of nitrogens with zero attached hydrogens (tertiary/aromatic N) is 5. The molecule has 2 rings (SSSR count). The number of rotatable bonds is 4. The minimum absolute atomic E-state index is 0. The van der Waals surface area contributed by atoms with Gasteiger partial charge < -0.3 is 14.7 Å². The predicted octanol–water partition coefficient (Wildman–Crippen LogP) is 2.33. The van der Waals surface area contributed by atoms with Gasteiger partial charge in [0.05, 0.1) is 6.54 Å². The molecular formula is C17H33IN6O. The van der Waals surface area contributed by atoms with E-state index < -0.39 is 0 Å². The monoisotopic (exact) mass is 464 g/mol. The molecule has 0 saturated carbocycles. The SMILES string of the molecule is CN=C(NCc1noc(C(C)(C)C)n1)N1CCN(CC(C)C)CC1.I. The zero-order chi connectivity index (χ0) is 17.7. The van der Waals surface area contributed by atoms with Crippen LogP contribution in [0.4, 0.5) is 0 Å². The molecule has 2 heterocycles. The van der Waals surface area contributed by atoms with E-state index in [1.165, 1.54) is 0 Å². The highest BCUT2D eigenvalue weighted by Gasteiger charge is 2.23. The molecule has 0 atom stereocenters. The molecule has 0 spiro atoms. The highest BCUT2D eigenvalue weighted by atomic mass is 127. The van der Waals surface area contributed by atoms with Gasteiger partial charge in [0.15, 0.2) is 11.8 Å². The lowest BCUT2D eigenvalue weighted by molar-refractivity contribution is 0.164. The van der Waals surface area contributed by atoms with Gasteiger partial charge in [-0.25, -0.2) is 0 Å². The lowest BCUT2D eigenvalue weighted by Gasteiger charge is -2.37. The van der Waals surface area contributed by atoms with Crippen molar-refractivity contribution in [3.63, 3.8) is 0 Å². The minimum atomic E-state index is -0.125. The Morgan fingerprint density at radius 1 is 1.24 bits per heavy atom. The minimum Gasteiger partial charge on any atom is -0.349 e. The van der Waals surface area contributed by atoms with E-state index in [2.05, 4.69) is 64.9 Å². The molecule has 144 valence electrons. The molecule has 0 bridgehead atoms. The van der Waals surface area contributed by atoms with Gasteiger partial charge in [-0.15, -0.1) is 24.0 Å². The van der Waals surface area contributed by atoms with E-state index in [0.29, 0.717) is 24.2 Å². The number of aliphatic imine (C=N–C) groups is 1. The highest BCUT2D eigenvalue weighted by molar-refractivity contribution is 14.0. The van der Waals surface area contributed by atoms with Crippen LogP contribution < -0.4 is 5.32 Å². The molecule has 1 aromatic heterocycles. The number of nitrogens with one attached hydrogen (secondary N) is 1. The summed E-state index contributed by atoms with van der Waals surface area (Å²) in [6.45, 7) is 16.6. The molecule has 0 radical (unpaired) electrons. The Hall–Kier alpha value is -0.900. The summed E-state index contributed by atoms with van der Waals surface area (Å²) < 4.78 is 5.33. The third-order valence-corrected chi connectivity index (χ3v) is 4.02. The van der Waals surface area contributed by atoms with Crippen molar-refractivity contribution in [1.82, 2.24) is 25.3 Å². The first-order chi connectivity index (χ1) is 11.3. The van der Waals surface area contributed by atoms with Crippen LogP contribution in [0, 0.1) is 5.92 Å². The third-order valence-electron chi connectivity index (χ3n) is 4.02. The number of halogens is 1. The Kier molecular flexibility index (Phi) is 8.59. The smallest absolute Gasteiger partial charge is 0.232 e. The predicted molar refractivity (Wildman–Crippen MR) is 111 cm³/mol. The lowest BCUT2D eigenvalue weighted by atomic mass is 9.97. The fourth-order valence-electron chi connectivity index (χ4n) is 2.78. The van der Waals surface area contributed by atoms with Crippen LogP contribution >= 0.6 is 24.0 Å². The van der Waals surface area contributed by atoms with Gasteiger partial charge in [-0.05, 0) is 5.92 Å². The van der Waals surface area contributed by atoms with Crippen LogP contribution in [-0.2, 0) is 12.0 Å². The Morgan fingerprint density at radius 2 is 1.88 bits per heavy atom. The maximum Gasteiger partial charge on any atom is 0.232 e. The second-order valence-corrected chi connectivity index (χ2v) is 7.85. The van der Waals surface area contributed by atoms with Crippen LogP contribution in [0.3, 0.4) is 0 Å². The van der Waals surface area contributed by atoms with Crippen molar-refractivity contribution < 1.29 is 4.52 Å². The first-order valence-corrected chi connectivity index (χ1v) is 8.80. The Labute approximate surface area is 168 Å². The molecule has 7 nitrogen and oxygen atoms in total. The standard InChI is InChI=1S/C17H32N6O.HI/c1-13(2)12-22-7-9-23(10-8-22)16(18-6)19-11-14-20-15(24-21-14)17(3,4)5;/h13H,7-12H2,1-6H3,(H,18,19);1H. The summed E-state index contributed by atoms with van der Waals surface area (Å²) in [6, 6.07) is 0. The summed E-state index contributed by atoms with van der Waals surface area (Å²) in [5, 5.41) is 7.40. The maximum absolute atomic E-state index is 5.33. The summed E-state index contributed by atoms with van der Waals surface area (Å²) in [4.78, 5) is 13.7. The van der Waals surface area contributed by atoms with Crippen molar-refractivity contribution in [2.75, 3.05) is 39.8 Å². The molecule has 0 aromatic carbocycles. The van der Waals surface area contributed by atoms with Gasteiger partial charge in [-0.2, -0.15) is 4.98 Å². The molecule has 8 heteroatoms. The molecule has 1 aliphatic rings. The molecule has 0 unspecified atom stereocenters. The third kappa shape index (κ3) is 6.73. The van der Waals surface area contributed by atoms with Gasteiger partial charge in [0.2, 0.25) is 5.89 Å². The number of hydrogen-bond donors (Lipinski definition) is 1. The molecule has 0 aliphatic carbocycles. The molecule has 25 heavy (non-hydrogen) atoms. The molecule has 1 aromatic rings. The second-order valence-electron chi connectivity index (χ2n) is 7.85. The average molecular weight is 464 g/mol. The molecule has 1 saturated heterocycles. The van der Waals surface area contributed by atoms with Crippen LogP contribution in [0.2, 0.25) is 0 Å². The zero-order valence-corrected chi connectivity index (χ0v) is 18.7. The summed E-state index contributed by atoms with van der Waals surface area (Å²) >= 11 is 0. The number of guanidine groups is 1. The van der Waals surface area contributed by atoms with Crippen LogP contribution in [0.25, 0.3) is 0 Å². The fourth-order valence-corrected chi connectivity index (χ4v) is 2.78. The van der Waals surface area contributed by atoms with Crippen molar-refractivity contribution in [2.45, 2.75) is 46.6 Å². The Bertz CT molecular complexity index is 544. The molecule has 1 fully saturated rings. The van der Waals surface area contributed by atoms with E-state index in [4.69, 9.17) is 4.52 Å². The first kappa shape index (κ1) is 22.1. The van der Waals surface area contributed by atoms with E-state index in [0.717, 1.165) is 38.7 Å². The van der Waals surface area contributed by atoms with Gasteiger partial charge in [0, 0.05) is 45.2 Å². The van der Waals surface area contributed by atoms with Crippen molar-refractivity contribution in [1.29, 1.82) is 0 Å². The van der Waals surface area contributed by atoms with Crippen molar-refractivity contribution >= 4 is 29.9 Å². The van der Waals surface area contributed by atoms with E-state index in [1.807, 2.05) is 7.05 Å². The Balaban J connectivity index is 0.00000312. The topological polar surface area (TPSA) is 69.8 Å². The van der Waals surface area contributed by atoms with Crippen LogP contribution in [0.5, 0.6) is 0 Å². The van der Waals surface area contributed by atoms with E-state index >= 15 is 0 Å². The number of aromatic nitrogens is 2. The second kappa shape index (κ2) is 9.70. The number of piperazine rings is 1. The van der Waals surface area contributed by atoms with E-state index in [-0.39, 0.29) is 29.4 Å². The molecule has 1 aliphatic heterocycles. The molecule has 0 amide bonds. The normalized spacial score (nSPS) is 16.9. The summed E-state index contributed by atoms with van der Waals surface area (Å²) in [7, 11) is 1.82. The van der Waals surface area contributed by atoms with Crippen molar-refractivity contribution in [2.24, 2.45) is 10.9 Å². The van der Waals surface area contributed by atoms with Gasteiger partial charge >= 0.3 is 0 Å². The van der Waals surface area contributed by atoms with Gasteiger partial charge in [0.25, 0.3) is 0 Å². The average Bonchev–Trinajstić information content (AvgIpc) is 2.98. The quantitative estimate of drug-likeness (QED) is 0.419. The maximum atomic E-state index is 5.33. The Morgan fingerprint density at radius 3 is 2.36 bits per heavy atom. The molecule has 1 N–H and O–H groups in total. The zero-order valence-electron chi connectivity index (χ0n) is 16.4. The molecular weight excluding hydrogens is 431 g/mol. The van der Waals surface area contributed by atoms with E-state index in [1.54, 1.807) is 0 Å². The van der Waals surface area contributed by atoms with Crippen LogP contribution in [-0.4, -0.2) is 65.7 Å². The highest BCUT2D eigenvalue weighted by Crippen LogP contribution is 2.19. The van der Waals surface area contributed by atoms with Gasteiger partial charge in [-0.1, -0.05) is 39.8 Å². The van der Waals surface area contributed by atoms with Crippen molar-refractivity contribution in [3.05, 3.63) is 11.7 Å². The number of hydrogen-bond acceptors (Lipinski definition) is 5.